The van der Waals surface area contributed by atoms with Crippen LogP contribution in [-0.4, -0.2) is 74.9 Å². The molecule has 0 aromatic heterocycles. The molecule has 1 aliphatic rings. The van der Waals surface area contributed by atoms with Gasteiger partial charge in [-0.25, -0.2) is 4.99 Å². The number of amides is 2. The molecule has 0 aliphatic heterocycles. The molecular weight excluding hydrogens is 423 g/mol. The number of hydrogen-bond donors (Lipinski definition) is 2. The standard InChI is InChI=1S/C15H26N6O2.HI/c1-20(2)13(22)9-17-15(18-10-14(23)21(3)4)19-12-7-5-6-11(12)8-16;/h11-12H,5-7,9-10H2,1-4H3,(H2,17,18,19);1H. The minimum Gasteiger partial charge on any atom is -0.352 e. The van der Waals surface area contributed by atoms with Crippen LogP contribution >= 0.6 is 24.0 Å². The molecule has 0 spiro atoms. The summed E-state index contributed by atoms with van der Waals surface area (Å²) in [5.74, 6) is 0.0913. The zero-order valence-electron chi connectivity index (χ0n) is 14.7. The molecule has 0 aromatic rings. The maximum Gasteiger partial charge on any atom is 0.243 e. The molecule has 24 heavy (non-hydrogen) atoms. The number of carbonyl (C=O) groups excluding carboxylic acids is 2. The predicted molar refractivity (Wildman–Crippen MR) is 103 cm³/mol. The van der Waals surface area contributed by atoms with E-state index >= 15 is 0 Å². The van der Waals surface area contributed by atoms with E-state index in [2.05, 4.69) is 21.7 Å². The number of nitriles is 1. The van der Waals surface area contributed by atoms with Gasteiger partial charge in [-0.05, 0) is 19.3 Å². The lowest BCUT2D eigenvalue weighted by Crippen LogP contribution is -2.48. The van der Waals surface area contributed by atoms with Gasteiger partial charge in [0.25, 0.3) is 0 Å². The van der Waals surface area contributed by atoms with Gasteiger partial charge in [-0.3, -0.25) is 9.59 Å². The van der Waals surface area contributed by atoms with Crippen LogP contribution < -0.4 is 10.6 Å². The normalized spacial score (nSPS) is 19.7. The molecule has 1 saturated carbocycles. The molecule has 0 saturated heterocycles. The molecule has 2 atom stereocenters. The van der Waals surface area contributed by atoms with E-state index in [-0.39, 0.29) is 60.8 Å². The number of guanidine groups is 1. The molecule has 136 valence electrons. The summed E-state index contributed by atoms with van der Waals surface area (Å²) in [5, 5.41) is 15.3. The van der Waals surface area contributed by atoms with Crippen LogP contribution in [0.15, 0.2) is 4.99 Å². The van der Waals surface area contributed by atoms with Gasteiger partial charge in [-0.1, -0.05) is 0 Å². The smallest absolute Gasteiger partial charge is 0.243 e. The van der Waals surface area contributed by atoms with E-state index in [1.165, 1.54) is 9.80 Å². The van der Waals surface area contributed by atoms with Gasteiger partial charge in [0.05, 0.1) is 18.5 Å². The minimum atomic E-state index is -0.131. The Morgan fingerprint density at radius 3 is 2.33 bits per heavy atom. The molecule has 9 heteroatoms. The van der Waals surface area contributed by atoms with Crippen molar-refractivity contribution < 1.29 is 9.59 Å². The highest BCUT2D eigenvalue weighted by atomic mass is 127. The number of rotatable bonds is 5. The van der Waals surface area contributed by atoms with Crippen molar-refractivity contribution in [2.24, 2.45) is 10.9 Å². The van der Waals surface area contributed by atoms with Crippen LogP contribution in [0, 0.1) is 17.2 Å². The topological polar surface area (TPSA) is 101 Å². The van der Waals surface area contributed by atoms with E-state index in [4.69, 9.17) is 5.26 Å². The first kappa shape index (κ1) is 22.4. The summed E-state index contributed by atoms with van der Waals surface area (Å²) in [5.41, 5.74) is 0. The second-order valence-electron chi connectivity index (χ2n) is 6.01. The summed E-state index contributed by atoms with van der Waals surface area (Å²) < 4.78 is 0. The highest BCUT2D eigenvalue weighted by Gasteiger charge is 2.28. The zero-order chi connectivity index (χ0) is 17.4. The van der Waals surface area contributed by atoms with Crippen LogP contribution in [0.25, 0.3) is 0 Å². The van der Waals surface area contributed by atoms with E-state index in [0.717, 1.165) is 19.3 Å². The van der Waals surface area contributed by atoms with Crippen molar-refractivity contribution in [3.8, 4) is 6.07 Å². The lowest BCUT2D eigenvalue weighted by atomic mass is 10.1. The molecule has 0 radical (unpaired) electrons. The van der Waals surface area contributed by atoms with Crippen molar-refractivity contribution >= 4 is 41.8 Å². The van der Waals surface area contributed by atoms with Crippen molar-refractivity contribution in [1.82, 2.24) is 20.4 Å². The van der Waals surface area contributed by atoms with Crippen molar-refractivity contribution in [3.63, 3.8) is 0 Å². The Bertz CT molecular complexity index is 501. The Balaban J connectivity index is 0.00000529. The van der Waals surface area contributed by atoms with Crippen LogP contribution in [0.2, 0.25) is 0 Å². The average Bonchev–Trinajstić information content (AvgIpc) is 2.95. The first-order valence-electron chi connectivity index (χ1n) is 7.70. The SMILES string of the molecule is CN(C)C(=O)CN=C(NCC(=O)N(C)C)NC1CCCC1C#N.I. The fourth-order valence-corrected chi connectivity index (χ4v) is 2.22. The summed E-state index contributed by atoms with van der Waals surface area (Å²) >= 11 is 0. The number of hydrogen-bond acceptors (Lipinski definition) is 4. The average molecular weight is 450 g/mol. The maximum absolute atomic E-state index is 11.7. The number of likely N-dealkylation sites (N-methyl/N-ethyl adjacent to an activating group) is 2. The van der Waals surface area contributed by atoms with Crippen LogP contribution in [0.1, 0.15) is 19.3 Å². The first-order valence-corrected chi connectivity index (χ1v) is 7.70. The van der Waals surface area contributed by atoms with Gasteiger partial charge in [0.2, 0.25) is 11.8 Å². The largest absolute Gasteiger partial charge is 0.352 e. The van der Waals surface area contributed by atoms with E-state index in [9.17, 15) is 9.59 Å². The number of nitrogens with one attached hydrogen (secondary N) is 2. The van der Waals surface area contributed by atoms with E-state index in [1.807, 2.05) is 0 Å². The van der Waals surface area contributed by atoms with Crippen LogP contribution in [0.3, 0.4) is 0 Å². The number of nitrogens with zero attached hydrogens (tertiary/aromatic N) is 4. The molecule has 2 amide bonds. The highest BCUT2D eigenvalue weighted by Crippen LogP contribution is 2.24. The highest BCUT2D eigenvalue weighted by molar-refractivity contribution is 14.0. The van der Waals surface area contributed by atoms with Crippen molar-refractivity contribution in [2.45, 2.75) is 25.3 Å². The van der Waals surface area contributed by atoms with E-state index in [1.54, 1.807) is 28.2 Å². The second kappa shape index (κ2) is 11.1. The Hall–Kier alpha value is -1.57. The van der Waals surface area contributed by atoms with E-state index < -0.39 is 0 Å². The van der Waals surface area contributed by atoms with E-state index in [0.29, 0.717) is 5.96 Å². The van der Waals surface area contributed by atoms with Crippen molar-refractivity contribution in [2.75, 3.05) is 41.3 Å². The molecule has 1 aliphatic carbocycles. The Morgan fingerprint density at radius 2 is 1.79 bits per heavy atom. The summed E-state index contributed by atoms with van der Waals surface area (Å²) in [6, 6.07) is 2.29. The van der Waals surface area contributed by atoms with Gasteiger partial charge >= 0.3 is 0 Å². The maximum atomic E-state index is 11.7. The van der Waals surface area contributed by atoms with Gasteiger partial charge < -0.3 is 20.4 Å². The predicted octanol–water partition coefficient (Wildman–Crippen LogP) is 0.00828. The zero-order valence-corrected chi connectivity index (χ0v) is 17.0. The molecule has 8 nitrogen and oxygen atoms in total. The molecule has 2 N–H and O–H groups in total. The molecule has 1 fully saturated rings. The van der Waals surface area contributed by atoms with Gasteiger partial charge in [-0.15, -0.1) is 24.0 Å². The van der Waals surface area contributed by atoms with Crippen molar-refractivity contribution in [1.29, 1.82) is 5.26 Å². The van der Waals surface area contributed by atoms with Gasteiger partial charge in [-0.2, -0.15) is 5.26 Å². The monoisotopic (exact) mass is 450 g/mol. The van der Waals surface area contributed by atoms with Crippen LogP contribution in [0.5, 0.6) is 0 Å². The summed E-state index contributed by atoms with van der Waals surface area (Å²) in [6.07, 6.45) is 2.72. The third-order valence-corrected chi connectivity index (χ3v) is 3.78. The van der Waals surface area contributed by atoms with Gasteiger partial charge in [0, 0.05) is 34.2 Å². The minimum absolute atomic E-state index is 0. The Kier molecular flexibility index (Phi) is 10.3. The Morgan fingerprint density at radius 1 is 1.17 bits per heavy atom. The third kappa shape index (κ3) is 7.33. The van der Waals surface area contributed by atoms with Gasteiger partial charge in [0.15, 0.2) is 5.96 Å². The molecule has 2 unspecified atom stereocenters. The molecule has 0 bridgehead atoms. The lowest BCUT2D eigenvalue weighted by Gasteiger charge is -2.20. The molecule has 1 rings (SSSR count). The summed E-state index contributed by atoms with van der Waals surface area (Å²) in [4.78, 5) is 30.6. The third-order valence-electron chi connectivity index (χ3n) is 3.78. The second-order valence-corrected chi connectivity index (χ2v) is 6.01. The quantitative estimate of drug-likeness (QED) is 0.349. The molecular formula is C15H27IN6O2. The van der Waals surface area contributed by atoms with Crippen LogP contribution in [-0.2, 0) is 9.59 Å². The van der Waals surface area contributed by atoms with Crippen LogP contribution in [0.4, 0.5) is 0 Å². The Labute approximate surface area is 160 Å². The number of aliphatic imine (C=N–C) groups is 1. The number of halogens is 1. The fraction of sp³-hybridized carbons (Fsp3) is 0.733. The molecule has 0 aromatic carbocycles. The first-order chi connectivity index (χ1) is 10.8. The van der Waals surface area contributed by atoms with Gasteiger partial charge in [0.1, 0.15) is 6.54 Å². The fourth-order valence-electron chi connectivity index (χ4n) is 2.22. The van der Waals surface area contributed by atoms with Crippen molar-refractivity contribution in [3.05, 3.63) is 0 Å². The number of carbonyl (C=O) groups is 2. The lowest BCUT2D eigenvalue weighted by molar-refractivity contribution is -0.127. The summed E-state index contributed by atoms with van der Waals surface area (Å²) in [6.45, 7) is 0.0708. The summed E-state index contributed by atoms with van der Waals surface area (Å²) in [7, 11) is 6.67. The molecule has 0 heterocycles.